The molecular formula is C85H163NO17. The van der Waals surface area contributed by atoms with Crippen molar-refractivity contribution in [1.82, 2.24) is 5.32 Å². The van der Waals surface area contributed by atoms with Crippen molar-refractivity contribution in [3.63, 3.8) is 0 Å². The van der Waals surface area contributed by atoms with Crippen molar-refractivity contribution < 1.29 is 81.0 Å². The van der Waals surface area contributed by atoms with Crippen LogP contribution in [0, 0.1) is 71.4 Å². The predicted molar refractivity (Wildman–Crippen MR) is 420 cm³/mol. The Morgan fingerprint density at radius 1 is 0.282 bits per heavy atom. The number of carbonyl (C=O) groups is 9. The molecule has 4 fully saturated rings. The third-order valence-electron chi connectivity index (χ3n) is 14.0. The lowest BCUT2D eigenvalue weighted by atomic mass is 9.94. The Labute approximate surface area is 631 Å². The smallest absolute Gasteiger partial charge is 0.311 e. The molecule has 0 radical (unpaired) electrons. The number of carbonyl (C=O) groups excluding carboxylic acids is 9. The van der Waals surface area contributed by atoms with Crippen molar-refractivity contribution >= 4 is 53.7 Å². The van der Waals surface area contributed by atoms with Gasteiger partial charge in [-0.1, -0.05) is 75.2 Å². The van der Waals surface area contributed by atoms with Crippen LogP contribution in [0.5, 0.6) is 0 Å². The minimum absolute atomic E-state index is 0.00766. The van der Waals surface area contributed by atoms with E-state index < -0.39 is 0 Å². The Morgan fingerprint density at radius 3 is 0.641 bits per heavy atom. The maximum Gasteiger partial charge on any atom is 0.311 e. The molecule has 4 saturated carbocycles. The van der Waals surface area contributed by atoms with Crippen molar-refractivity contribution in [3.8, 4) is 0 Å². The summed E-state index contributed by atoms with van der Waals surface area (Å²) < 4.78 is 41.2. The highest BCUT2D eigenvalue weighted by atomic mass is 16.6. The van der Waals surface area contributed by atoms with Gasteiger partial charge in [0.15, 0.2) is 0 Å². The van der Waals surface area contributed by atoms with Gasteiger partial charge in [-0.2, -0.15) is 0 Å². The fourth-order valence-electron chi connectivity index (χ4n) is 6.72. The second-order valence-electron chi connectivity index (χ2n) is 41.6. The second kappa shape index (κ2) is 46.4. The summed E-state index contributed by atoms with van der Waals surface area (Å²) in [5.41, 5.74) is -3.18. The van der Waals surface area contributed by atoms with E-state index in [9.17, 15) is 43.2 Å². The number of rotatable bonds is 10. The van der Waals surface area contributed by atoms with Gasteiger partial charge in [-0.05, 0) is 314 Å². The zero-order valence-corrected chi connectivity index (χ0v) is 74.1. The Kier molecular flexibility index (Phi) is 48.2. The van der Waals surface area contributed by atoms with Crippen molar-refractivity contribution in [2.75, 3.05) is 26.4 Å². The first-order valence-electron chi connectivity index (χ1n) is 38.4. The zero-order chi connectivity index (χ0) is 82.8. The van der Waals surface area contributed by atoms with Crippen LogP contribution in [0.2, 0.25) is 0 Å². The molecule has 4 aliphatic rings. The highest BCUT2D eigenvalue weighted by Gasteiger charge is 2.33. The maximum absolute atomic E-state index is 11.5. The van der Waals surface area contributed by atoms with Crippen molar-refractivity contribution in [2.24, 2.45) is 71.4 Å². The van der Waals surface area contributed by atoms with Gasteiger partial charge in [0.1, 0.15) is 12.2 Å². The molecule has 0 aromatic carbocycles. The third kappa shape index (κ3) is 67.6. The van der Waals surface area contributed by atoms with E-state index in [1.807, 2.05) is 277 Å². The molecule has 0 bridgehead atoms. The standard InChI is InChI=1S/2C11H20O2.2C10H20O2.C9H19NO.2C9H16O2.2C8H16O2/c2*1-11(2,3)10(12)13-9-7-5-4-6-8-9;2*1-9(2,3)7-12-8(11)10(4,5)6;1-8(2,3)7(11)10-9(4,5)6;2*1-9(2,3)8(10)11-6-7-4-5-7;2*1-6(2)10-7(9)8(3,4)5/h2*9H,4-8H2,1-3H3;2*7H2,1-6H3;1-6H3,(H,10,11);2*7H,4-6H2,1-3H3;2*6H,1-5H3. The molecule has 610 valence electrons. The van der Waals surface area contributed by atoms with Gasteiger partial charge in [-0.25, -0.2) is 0 Å². The van der Waals surface area contributed by atoms with Gasteiger partial charge < -0.3 is 43.2 Å². The Balaban J connectivity index is -0.000000350. The first kappa shape index (κ1) is 107. The molecule has 18 heteroatoms. The summed E-state index contributed by atoms with van der Waals surface area (Å²) in [5, 5.41) is 2.92. The molecule has 4 aliphatic carbocycles. The highest BCUT2D eigenvalue weighted by Crippen LogP contribution is 2.32. The fraction of sp³-hybridized carbons (Fsp3) is 0.894. The fourth-order valence-corrected chi connectivity index (χ4v) is 6.72. The molecule has 18 nitrogen and oxygen atoms in total. The largest absolute Gasteiger partial charge is 0.465 e. The van der Waals surface area contributed by atoms with Crippen LogP contribution in [0.3, 0.4) is 0 Å². The predicted octanol–water partition coefficient (Wildman–Crippen LogP) is 20.9. The van der Waals surface area contributed by atoms with Gasteiger partial charge in [0.25, 0.3) is 0 Å². The van der Waals surface area contributed by atoms with E-state index in [0.717, 1.165) is 25.7 Å². The Bertz CT molecular complexity index is 2290. The van der Waals surface area contributed by atoms with E-state index in [0.29, 0.717) is 38.3 Å². The summed E-state index contributed by atoms with van der Waals surface area (Å²) in [6.45, 7) is 78.5. The van der Waals surface area contributed by atoms with Crippen LogP contribution in [0.4, 0.5) is 0 Å². The second-order valence-corrected chi connectivity index (χ2v) is 41.6. The molecule has 4 rings (SSSR count). The third-order valence-corrected chi connectivity index (χ3v) is 14.0. The molecule has 0 unspecified atom stereocenters. The van der Waals surface area contributed by atoms with E-state index in [1.54, 1.807) is 0 Å². The summed E-state index contributed by atoms with van der Waals surface area (Å²) in [7, 11) is 0. The van der Waals surface area contributed by atoms with E-state index >= 15 is 0 Å². The number of hydrogen-bond donors (Lipinski definition) is 1. The molecule has 0 saturated heterocycles. The molecule has 0 heterocycles. The molecule has 1 amide bonds. The van der Waals surface area contributed by atoms with Crippen LogP contribution in [-0.4, -0.2) is 110 Å². The topological polar surface area (TPSA) is 239 Å². The highest BCUT2D eigenvalue weighted by molar-refractivity contribution is 5.82. The monoisotopic (exact) mass is 1470 g/mol. The van der Waals surface area contributed by atoms with E-state index in [4.69, 9.17) is 37.9 Å². The minimum Gasteiger partial charge on any atom is -0.465 e. The van der Waals surface area contributed by atoms with Crippen molar-refractivity contribution in [2.45, 2.75) is 397 Å². The summed E-state index contributed by atoms with van der Waals surface area (Å²) >= 11 is 0. The summed E-state index contributed by atoms with van der Waals surface area (Å²) in [6, 6.07) is 0. The Morgan fingerprint density at radius 2 is 0.495 bits per heavy atom. The molecule has 0 spiro atoms. The van der Waals surface area contributed by atoms with E-state index in [2.05, 4.69) is 5.32 Å². The van der Waals surface area contributed by atoms with Gasteiger partial charge in [0.05, 0.1) is 82.0 Å². The SMILES string of the molecule is CC(C)(C)C(=O)OC1CCCCC1.CC(C)(C)C(=O)OC1CCCCC1.CC(C)(C)C(=O)OCC1CC1.CC(C)(C)C(=O)OCC1CC1.CC(C)(C)COC(=O)C(C)(C)C.CC(C)(C)COC(=O)C(C)(C)C.CC(C)(C)NC(=O)C(C)(C)C.CC(C)OC(=O)C(C)(C)C.CC(C)OC(=O)C(C)(C)C. The molecule has 0 atom stereocenters. The van der Waals surface area contributed by atoms with Crippen molar-refractivity contribution in [3.05, 3.63) is 0 Å². The molecular weight excluding hydrogens is 1310 g/mol. The first-order valence-corrected chi connectivity index (χ1v) is 38.4. The van der Waals surface area contributed by atoms with Crippen LogP contribution in [0.25, 0.3) is 0 Å². The summed E-state index contributed by atoms with van der Waals surface area (Å²) in [4.78, 5) is 101. The first-order chi connectivity index (χ1) is 45.6. The molecule has 0 aromatic heterocycles. The lowest BCUT2D eigenvalue weighted by molar-refractivity contribution is -0.160. The molecule has 0 aliphatic heterocycles. The summed E-state index contributed by atoms with van der Waals surface area (Å²) in [6.07, 6.45) is 17.0. The average molecular weight is 1470 g/mol. The average Bonchev–Trinajstić information content (AvgIpc) is 1.70. The summed E-state index contributed by atoms with van der Waals surface area (Å²) in [5.74, 6) is 0.639. The lowest BCUT2D eigenvalue weighted by Crippen LogP contribution is -2.46. The number of ether oxygens (including phenoxy) is 8. The van der Waals surface area contributed by atoms with Gasteiger partial charge in [0.2, 0.25) is 5.91 Å². The van der Waals surface area contributed by atoms with Crippen LogP contribution in [-0.2, 0) is 81.0 Å². The van der Waals surface area contributed by atoms with Crippen LogP contribution < -0.4 is 5.32 Å². The van der Waals surface area contributed by atoms with Gasteiger partial charge >= 0.3 is 47.8 Å². The lowest BCUT2D eigenvalue weighted by Gasteiger charge is -2.26. The normalized spacial score (nSPS) is 15.6. The Hall–Kier alpha value is -4.77. The quantitative estimate of drug-likeness (QED) is 0.158. The molecule has 1 N–H and O–H groups in total. The number of hydrogen-bond acceptors (Lipinski definition) is 17. The maximum atomic E-state index is 11.5. The molecule has 0 aromatic rings. The van der Waals surface area contributed by atoms with Gasteiger partial charge in [-0.3, -0.25) is 43.2 Å². The zero-order valence-electron chi connectivity index (χ0n) is 74.1. The van der Waals surface area contributed by atoms with E-state index in [1.165, 1.54) is 64.2 Å². The van der Waals surface area contributed by atoms with Gasteiger partial charge in [0, 0.05) is 11.0 Å². The number of amides is 1. The minimum atomic E-state index is -0.384. The van der Waals surface area contributed by atoms with E-state index in [-0.39, 0.29) is 143 Å². The van der Waals surface area contributed by atoms with Crippen LogP contribution in [0.1, 0.15) is 367 Å². The number of esters is 8. The van der Waals surface area contributed by atoms with Crippen molar-refractivity contribution in [1.29, 1.82) is 0 Å². The van der Waals surface area contributed by atoms with Gasteiger partial charge in [-0.15, -0.1) is 0 Å². The number of nitrogens with one attached hydrogen (secondary N) is 1. The van der Waals surface area contributed by atoms with Crippen LogP contribution in [0.15, 0.2) is 0 Å². The van der Waals surface area contributed by atoms with Crippen LogP contribution >= 0.6 is 0 Å². The molecule has 103 heavy (non-hydrogen) atoms.